The summed E-state index contributed by atoms with van der Waals surface area (Å²) < 4.78 is 13.1. The summed E-state index contributed by atoms with van der Waals surface area (Å²) >= 11 is 6.16. The fourth-order valence-electron chi connectivity index (χ4n) is 2.40. The molecule has 0 radical (unpaired) electrons. The van der Waals surface area contributed by atoms with Crippen LogP contribution in [0.1, 0.15) is 18.0 Å². The first-order valence-corrected chi connectivity index (χ1v) is 6.61. The molecule has 1 aliphatic rings. The van der Waals surface area contributed by atoms with E-state index in [1.165, 1.54) is 12.1 Å². The summed E-state index contributed by atoms with van der Waals surface area (Å²) in [5, 5.41) is 3.83. The SMILES string of the molecule is C=CC[C@@H](c1ccc(F)cc1Cl)N1CCNCC1. The molecule has 0 bridgehead atoms. The van der Waals surface area contributed by atoms with Crippen molar-refractivity contribution in [3.8, 4) is 0 Å². The van der Waals surface area contributed by atoms with Gasteiger partial charge in [0.1, 0.15) is 5.82 Å². The summed E-state index contributed by atoms with van der Waals surface area (Å²) in [7, 11) is 0. The monoisotopic (exact) mass is 268 g/mol. The lowest BCUT2D eigenvalue weighted by Gasteiger charge is -2.35. The van der Waals surface area contributed by atoms with Gasteiger partial charge in [-0.1, -0.05) is 23.7 Å². The minimum Gasteiger partial charge on any atom is -0.314 e. The average molecular weight is 269 g/mol. The van der Waals surface area contributed by atoms with Crippen LogP contribution in [0.4, 0.5) is 4.39 Å². The van der Waals surface area contributed by atoms with Crippen LogP contribution >= 0.6 is 11.6 Å². The summed E-state index contributed by atoms with van der Waals surface area (Å²) in [5.74, 6) is -0.290. The molecule has 2 rings (SSSR count). The van der Waals surface area contributed by atoms with Gasteiger partial charge in [-0.3, -0.25) is 4.90 Å². The molecule has 1 aromatic carbocycles. The maximum absolute atomic E-state index is 13.1. The van der Waals surface area contributed by atoms with E-state index in [1.807, 2.05) is 6.08 Å². The van der Waals surface area contributed by atoms with Gasteiger partial charge in [0.25, 0.3) is 0 Å². The van der Waals surface area contributed by atoms with Gasteiger partial charge in [-0.2, -0.15) is 0 Å². The Morgan fingerprint density at radius 2 is 2.17 bits per heavy atom. The van der Waals surface area contributed by atoms with E-state index in [-0.39, 0.29) is 11.9 Å². The first kappa shape index (κ1) is 13.5. The predicted molar refractivity (Wildman–Crippen MR) is 73.4 cm³/mol. The molecule has 18 heavy (non-hydrogen) atoms. The molecular formula is C14H18ClFN2. The van der Waals surface area contributed by atoms with Crippen LogP contribution in [0, 0.1) is 5.82 Å². The van der Waals surface area contributed by atoms with Gasteiger partial charge in [-0.05, 0) is 24.1 Å². The molecule has 1 N–H and O–H groups in total. The van der Waals surface area contributed by atoms with Crippen LogP contribution in [0.15, 0.2) is 30.9 Å². The van der Waals surface area contributed by atoms with Crippen molar-refractivity contribution < 1.29 is 4.39 Å². The molecule has 1 saturated heterocycles. The Bertz CT molecular complexity index is 416. The molecule has 0 aromatic heterocycles. The predicted octanol–water partition coefficient (Wildman–Crippen LogP) is 3.00. The zero-order valence-electron chi connectivity index (χ0n) is 10.3. The van der Waals surface area contributed by atoms with E-state index in [1.54, 1.807) is 6.07 Å². The topological polar surface area (TPSA) is 15.3 Å². The third-order valence-electron chi connectivity index (χ3n) is 3.30. The van der Waals surface area contributed by atoms with Crippen molar-refractivity contribution in [3.05, 3.63) is 47.3 Å². The van der Waals surface area contributed by atoms with Gasteiger partial charge in [-0.15, -0.1) is 6.58 Å². The highest BCUT2D eigenvalue weighted by Gasteiger charge is 2.22. The lowest BCUT2D eigenvalue weighted by Crippen LogP contribution is -2.45. The standard InChI is InChI=1S/C14H18ClFN2/c1-2-3-14(18-8-6-17-7-9-18)12-5-4-11(16)10-13(12)15/h2,4-5,10,14,17H,1,3,6-9H2/t14-/m0/s1. The van der Waals surface area contributed by atoms with Crippen LogP contribution in [0.5, 0.6) is 0 Å². The molecule has 1 heterocycles. The molecular weight excluding hydrogens is 251 g/mol. The molecule has 1 fully saturated rings. The molecule has 2 nitrogen and oxygen atoms in total. The van der Waals surface area contributed by atoms with Gasteiger partial charge in [0.15, 0.2) is 0 Å². The highest BCUT2D eigenvalue weighted by Crippen LogP contribution is 2.31. The quantitative estimate of drug-likeness (QED) is 0.845. The van der Waals surface area contributed by atoms with Crippen molar-refractivity contribution in [2.24, 2.45) is 0 Å². The third kappa shape index (κ3) is 3.10. The molecule has 0 spiro atoms. The van der Waals surface area contributed by atoms with E-state index in [0.717, 1.165) is 38.2 Å². The van der Waals surface area contributed by atoms with E-state index in [0.29, 0.717) is 5.02 Å². The van der Waals surface area contributed by atoms with Gasteiger partial charge >= 0.3 is 0 Å². The summed E-state index contributed by atoms with van der Waals surface area (Å²) in [4.78, 5) is 2.37. The maximum Gasteiger partial charge on any atom is 0.124 e. The smallest absolute Gasteiger partial charge is 0.124 e. The van der Waals surface area contributed by atoms with Crippen LogP contribution in [-0.2, 0) is 0 Å². The Labute approximate surface area is 112 Å². The lowest BCUT2D eigenvalue weighted by atomic mass is 10.0. The number of benzene rings is 1. The lowest BCUT2D eigenvalue weighted by molar-refractivity contribution is 0.174. The summed E-state index contributed by atoms with van der Waals surface area (Å²) in [6.45, 7) is 7.72. The Kier molecular flexibility index (Phi) is 4.75. The molecule has 0 saturated carbocycles. The molecule has 1 aromatic rings. The van der Waals surface area contributed by atoms with Crippen molar-refractivity contribution in [1.82, 2.24) is 10.2 Å². The number of piperazine rings is 1. The van der Waals surface area contributed by atoms with Crippen LogP contribution < -0.4 is 5.32 Å². The van der Waals surface area contributed by atoms with Crippen LogP contribution in [-0.4, -0.2) is 31.1 Å². The van der Waals surface area contributed by atoms with Crippen LogP contribution in [0.25, 0.3) is 0 Å². The molecule has 1 aliphatic heterocycles. The van der Waals surface area contributed by atoms with Gasteiger partial charge in [0.2, 0.25) is 0 Å². The van der Waals surface area contributed by atoms with E-state index in [9.17, 15) is 4.39 Å². The zero-order valence-corrected chi connectivity index (χ0v) is 11.1. The van der Waals surface area contributed by atoms with Crippen LogP contribution in [0.3, 0.4) is 0 Å². The normalized spacial score (nSPS) is 18.6. The molecule has 0 aliphatic carbocycles. The van der Waals surface area contributed by atoms with Crippen molar-refractivity contribution in [3.63, 3.8) is 0 Å². The average Bonchev–Trinajstić information content (AvgIpc) is 2.38. The van der Waals surface area contributed by atoms with Gasteiger partial charge in [-0.25, -0.2) is 4.39 Å². The Morgan fingerprint density at radius 3 is 2.78 bits per heavy atom. The summed E-state index contributed by atoms with van der Waals surface area (Å²) in [6.07, 6.45) is 2.72. The first-order chi connectivity index (χ1) is 8.72. The maximum atomic E-state index is 13.1. The summed E-state index contributed by atoms with van der Waals surface area (Å²) in [6, 6.07) is 4.83. The minimum atomic E-state index is -0.290. The number of hydrogen-bond acceptors (Lipinski definition) is 2. The first-order valence-electron chi connectivity index (χ1n) is 6.23. The second-order valence-corrected chi connectivity index (χ2v) is 4.90. The fraction of sp³-hybridized carbons (Fsp3) is 0.429. The van der Waals surface area contributed by atoms with E-state index < -0.39 is 0 Å². The molecule has 1 atom stereocenters. The van der Waals surface area contributed by atoms with E-state index in [2.05, 4.69) is 16.8 Å². The Hall–Kier alpha value is -0.900. The van der Waals surface area contributed by atoms with Crippen molar-refractivity contribution in [2.75, 3.05) is 26.2 Å². The largest absolute Gasteiger partial charge is 0.314 e. The molecule has 4 heteroatoms. The highest BCUT2D eigenvalue weighted by atomic mass is 35.5. The number of rotatable bonds is 4. The third-order valence-corrected chi connectivity index (χ3v) is 3.63. The number of halogens is 2. The van der Waals surface area contributed by atoms with Gasteiger partial charge < -0.3 is 5.32 Å². The highest BCUT2D eigenvalue weighted by molar-refractivity contribution is 6.31. The Morgan fingerprint density at radius 1 is 1.44 bits per heavy atom. The number of nitrogens with zero attached hydrogens (tertiary/aromatic N) is 1. The Balaban J connectivity index is 2.24. The molecule has 0 amide bonds. The van der Waals surface area contributed by atoms with Gasteiger partial charge in [0.05, 0.1) is 0 Å². The molecule has 98 valence electrons. The number of hydrogen-bond donors (Lipinski definition) is 1. The minimum absolute atomic E-state index is 0.192. The fourth-order valence-corrected chi connectivity index (χ4v) is 2.69. The van der Waals surface area contributed by atoms with Crippen molar-refractivity contribution in [2.45, 2.75) is 12.5 Å². The zero-order chi connectivity index (χ0) is 13.0. The van der Waals surface area contributed by atoms with Crippen molar-refractivity contribution >= 4 is 11.6 Å². The van der Waals surface area contributed by atoms with Crippen LogP contribution in [0.2, 0.25) is 5.02 Å². The molecule has 0 unspecified atom stereocenters. The summed E-state index contributed by atoms with van der Waals surface area (Å²) in [5.41, 5.74) is 0.986. The second-order valence-electron chi connectivity index (χ2n) is 4.49. The second kappa shape index (κ2) is 6.32. The van der Waals surface area contributed by atoms with Gasteiger partial charge in [0, 0.05) is 37.2 Å². The number of nitrogens with one attached hydrogen (secondary N) is 1. The van der Waals surface area contributed by atoms with E-state index in [4.69, 9.17) is 11.6 Å². The van der Waals surface area contributed by atoms with E-state index >= 15 is 0 Å². The van der Waals surface area contributed by atoms with Crippen molar-refractivity contribution in [1.29, 1.82) is 0 Å².